The molecule has 212 valence electrons. The molecule has 10 heteroatoms. The Bertz CT molecular complexity index is 1130. The first kappa shape index (κ1) is 28.1. The van der Waals surface area contributed by atoms with Gasteiger partial charge in [-0.25, -0.2) is 9.36 Å². The van der Waals surface area contributed by atoms with Crippen molar-refractivity contribution in [2.75, 3.05) is 52.4 Å². The molecule has 0 unspecified atom stereocenters. The lowest BCUT2D eigenvalue weighted by atomic mass is 10.2. The Morgan fingerprint density at radius 3 is 1.43 bits per heavy atom. The van der Waals surface area contributed by atoms with Crippen LogP contribution in [0.3, 0.4) is 0 Å². The van der Waals surface area contributed by atoms with Crippen LogP contribution in [0.15, 0.2) is 73.1 Å². The zero-order valence-corrected chi connectivity index (χ0v) is 23.4. The van der Waals surface area contributed by atoms with Gasteiger partial charge in [-0.3, -0.25) is 9.80 Å². The van der Waals surface area contributed by atoms with Crippen LogP contribution >= 0.6 is 0 Å². The third-order valence-corrected chi connectivity index (χ3v) is 7.18. The summed E-state index contributed by atoms with van der Waals surface area (Å²) in [4.78, 5) is 4.98. The van der Waals surface area contributed by atoms with E-state index < -0.39 is 0 Å². The molecule has 1 aliphatic heterocycles. The summed E-state index contributed by atoms with van der Waals surface area (Å²) in [7, 11) is 0. The van der Waals surface area contributed by atoms with E-state index >= 15 is 0 Å². The predicted molar refractivity (Wildman–Crippen MR) is 157 cm³/mol. The maximum atomic E-state index is 4.45. The van der Waals surface area contributed by atoms with Crippen LogP contribution < -0.4 is 10.6 Å². The van der Waals surface area contributed by atoms with Crippen LogP contribution in [-0.2, 0) is 26.2 Å². The van der Waals surface area contributed by atoms with Crippen LogP contribution in [0.2, 0.25) is 0 Å². The van der Waals surface area contributed by atoms with Gasteiger partial charge in [0.2, 0.25) is 0 Å². The summed E-state index contributed by atoms with van der Waals surface area (Å²) in [5, 5.41) is 24.9. The van der Waals surface area contributed by atoms with E-state index in [1.165, 1.54) is 11.1 Å². The van der Waals surface area contributed by atoms with Gasteiger partial charge in [0.05, 0.1) is 36.9 Å². The molecular weight excluding hydrogens is 500 g/mol. The molecule has 2 aromatic carbocycles. The molecular formula is C30H42N10. The van der Waals surface area contributed by atoms with Crippen molar-refractivity contribution in [3.05, 3.63) is 95.6 Å². The van der Waals surface area contributed by atoms with Crippen molar-refractivity contribution in [2.45, 2.75) is 39.0 Å². The van der Waals surface area contributed by atoms with Crippen molar-refractivity contribution < 1.29 is 0 Å². The number of aromatic nitrogens is 6. The second kappa shape index (κ2) is 15.4. The summed E-state index contributed by atoms with van der Waals surface area (Å²) in [6.07, 6.45) is 6.37. The molecule has 5 rings (SSSR count). The third kappa shape index (κ3) is 9.34. The Kier molecular flexibility index (Phi) is 10.8. The molecule has 10 nitrogen and oxygen atoms in total. The van der Waals surface area contributed by atoms with E-state index in [0.717, 1.165) is 103 Å². The summed E-state index contributed by atoms with van der Waals surface area (Å²) in [5.41, 5.74) is 4.53. The van der Waals surface area contributed by atoms with Crippen molar-refractivity contribution in [1.29, 1.82) is 0 Å². The molecule has 2 aromatic heterocycles. The molecule has 1 fully saturated rings. The quantitative estimate of drug-likeness (QED) is 0.350. The summed E-state index contributed by atoms with van der Waals surface area (Å²) < 4.78 is 3.87. The molecule has 1 aliphatic rings. The van der Waals surface area contributed by atoms with Crippen molar-refractivity contribution in [3.8, 4) is 0 Å². The average Bonchev–Trinajstić information content (AvgIpc) is 3.61. The minimum atomic E-state index is 0.752. The van der Waals surface area contributed by atoms with Crippen molar-refractivity contribution in [2.24, 2.45) is 0 Å². The highest BCUT2D eigenvalue weighted by Gasteiger charge is 2.12. The largest absolute Gasteiger partial charge is 0.315 e. The van der Waals surface area contributed by atoms with Gasteiger partial charge in [0.25, 0.3) is 0 Å². The minimum absolute atomic E-state index is 0.752. The van der Waals surface area contributed by atoms with E-state index in [-0.39, 0.29) is 0 Å². The van der Waals surface area contributed by atoms with Gasteiger partial charge in [-0.1, -0.05) is 71.1 Å². The summed E-state index contributed by atoms with van der Waals surface area (Å²) in [6, 6.07) is 20.8. The Labute approximate surface area is 237 Å². The van der Waals surface area contributed by atoms with Crippen LogP contribution in [0.5, 0.6) is 0 Å². The van der Waals surface area contributed by atoms with Gasteiger partial charge >= 0.3 is 0 Å². The molecule has 0 atom stereocenters. The number of rotatable bonds is 8. The SMILES string of the molecule is c1ccc(Cn2cc(CN3CCCNCCN(Cc4cn(Cc5ccccc5)nn4)CCCNCC3)nn2)cc1. The first-order chi connectivity index (χ1) is 19.8. The highest BCUT2D eigenvalue weighted by atomic mass is 15.4. The maximum Gasteiger partial charge on any atom is 0.0967 e. The smallest absolute Gasteiger partial charge is 0.0967 e. The Morgan fingerprint density at radius 2 is 0.975 bits per heavy atom. The molecule has 0 aliphatic carbocycles. The van der Waals surface area contributed by atoms with Crippen LogP contribution in [0, 0.1) is 0 Å². The molecule has 2 N–H and O–H groups in total. The fourth-order valence-corrected chi connectivity index (χ4v) is 5.10. The van der Waals surface area contributed by atoms with Crippen LogP contribution in [0.4, 0.5) is 0 Å². The zero-order chi connectivity index (χ0) is 27.2. The molecule has 0 bridgehead atoms. The number of nitrogens with one attached hydrogen (secondary N) is 2. The van der Waals surface area contributed by atoms with Crippen molar-refractivity contribution >= 4 is 0 Å². The monoisotopic (exact) mass is 542 g/mol. The van der Waals surface area contributed by atoms with Crippen LogP contribution in [-0.4, -0.2) is 92.1 Å². The first-order valence-corrected chi connectivity index (χ1v) is 14.5. The highest BCUT2D eigenvalue weighted by Crippen LogP contribution is 2.07. The number of benzene rings is 2. The van der Waals surface area contributed by atoms with Gasteiger partial charge in [0.1, 0.15) is 0 Å². The van der Waals surface area contributed by atoms with Crippen LogP contribution in [0.25, 0.3) is 0 Å². The number of hydrogen-bond acceptors (Lipinski definition) is 8. The zero-order valence-electron chi connectivity index (χ0n) is 23.4. The number of hydrogen-bond donors (Lipinski definition) is 2. The molecule has 0 saturated carbocycles. The van der Waals surface area contributed by atoms with E-state index in [9.17, 15) is 0 Å². The summed E-state index contributed by atoms with van der Waals surface area (Å²) in [5.74, 6) is 0. The van der Waals surface area contributed by atoms with Gasteiger partial charge < -0.3 is 10.6 Å². The fourth-order valence-electron chi connectivity index (χ4n) is 5.10. The predicted octanol–water partition coefficient (Wildman–Crippen LogP) is 2.24. The van der Waals surface area contributed by atoms with Gasteiger partial charge in [-0.15, -0.1) is 10.2 Å². The second-order valence-corrected chi connectivity index (χ2v) is 10.5. The van der Waals surface area contributed by atoms with Crippen molar-refractivity contribution in [1.82, 2.24) is 50.4 Å². The standard InChI is InChI=1S/C30H42N10/c1-3-9-27(10-4-1)21-39-25-29(33-35-39)23-37-17-7-13-32-16-20-38(18-8-14-31-15-19-37)24-30-26-40(36-34-30)22-28-11-5-2-6-12-28/h1-6,9-12,25-26,31-32H,7-8,13-24H2. The topological polar surface area (TPSA) is 92.0 Å². The Morgan fingerprint density at radius 1 is 0.525 bits per heavy atom. The lowest BCUT2D eigenvalue weighted by Crippen LogP contribution is -2.38. The van der Waals surface area contributed by atoms with E-state index in [0.29, 0.717) is 0 Å². The fraction of sp³-hybridized carbons (Fsp3) is 0.467. The van der Waals surface area contributed by atoms with Gasteiger partial charge in [-0.05, 0) is 50.1 Å². The molecule has 1 saturated heterocycles. The maximum absolute atomic E-state index is 4.45. The highest BCUT2D eigenvalue weighted by molar-refractivity contribution is 5.15. The molecule has 4 aromatic rings. The molecule has 40 heavy (non-hydrogen) atoms. The van der Waals surface area contributed by atoms with E-state index in [2.05, 4.69) is 102 Å². The lowest BCUT2D eigenvalue weighted by Gasteiger charge is -2.24. The Hall–Kier alpha value is -3.44. The summed E-state index contributed by atoms with van der Waals surface area (Å²) in [6.45, 7) is 11.2. The minimum Gasteiger partial charge on any atom is -0.315 e. The van der Waals surface area contributed by atoms with E-state index in [1.807, 2.05) is 21.5 Å². The van der Waals surface area contributed by atoms with E-state index in [4.69, 9.17) is 0 Å². The number of nitrogens with zero attached hydrogens (tertiary/aromatic N) is 8. The average molecular weight is 543 g/mol. The molecule has 0 spiro atoms. The van der Waals surface area contributed by atoms with Crippen LogP contribution in [0.1, 0.15) is 35.4 Å². The molecule has 0 amide bonds. The normalized spacial score (nSPS) is 17.0. The van der Waals surface area contributed by atoms with E-state index in [1.54, 1.807) is 0 Å². The lowest BCUT2D eigenvalue weighted by molar-refractivity contribution is 0.238. The molecule has 3 heterocycles. The second-order valence-electron chi connectivity index (χ2n) is 10.5. The molecule has 0 radical (unpaired) electrons. The third-order valence-electron chi connectivity index (χ3n) is 7.18. The Balaban J connectivity index is 1.06. The van der Waals surface area contributed by atoms with Crippen molar-refractivity contribution in [3.63, 3.8) is 0 Å². The van der Waals surface area contributed by atoms with Gasteiger partial charge in [0, 0.05) is 39.3 Å². The summed E-state index contributed by atoms with van der Waals surface area (Å²) >= 11 is 0. The van der Waals surface area contributed by atoms with Gasteiger partial charge in [-0.2, -0.15) is 0 Å². The first-order valence-electron chi connectivity index (χ1n) is 14.5. The van der Waals surface area contributed by atoms with Gasteiger partial charge in [0.15, 0.2) is 0 Å².